The highest BCUT2D eigenvalue weighted by molar-refractivity contribution is 5.40. The van der Waals surface area contributed by atoms with E-state index in [2.05, 4.69) is 101 Å². The molecule has 2 fully saturated rings. The maximum atomic E-state index is 10.2. The van der Waals surface area contributed by atoms with Crippen LogP contribution in [-0.4, -0.2) is 25.7 Å². The van der Waals surface area contributed by atoms with Crippen LogP contribution < -0.4 is 10.6 Å². The Bertz CT molecular complexity index is 1120. The summed E-state index contributed by atoms with van der Waals surface area (Å²) >= 11 is 0. The molecule has 1 spiro atoms. The van der Waals surface area contributed by atoms with Crippen LogP contribution in [0.25, 0.3) is 0 Å². The minimum absolute atomic E-state index is 0.111. The van der Waals surface area contributed by atoms with E-state index in [1.807, 2.05) is 4.68 Å². The zero-order valence-electron chi connectivity index (χ0n) is 24.4. The normalized spacial score (nSPS) is 33.0. The molecule has 2 N–H and O–H groups in total. The van der Waals surface area contributed by atoms with Crippen LogP contribution in [0.1, 0.15) is 113 Å². The maximum absolute atomic E-state index is 10.2. The average molecular weight is 507 g/mol. The van der Waals surface area contributed by atoms with Crippen molar-refractivity contribution in [3.63, 3.8) is 0 Å². The number of rotatable bonds is 1. The van der Waals surface area contributed by atoms with Crippen LogP contribution in [0, 0.1) is 51.2 Å². The minimum atomic E-state index is -0.649. The Morgan fingerprint density at radius 1 is 0.811 bits per heavy atom. The first kappa shape index (κ1) is 27.4. The number of nitrogens with zero attached hydrogens (tertiary/aromatic N) is 6. The van der Waals surface area contributed by atoms with Crippen LogP contribution in [0.15, 0.2) is 11.4 Å². The maximum Gasteiger partial charge on any atom is 0.177 e. The Morgan fingerprint density at radius 2 is 1.35 bits per heavy atom. The molecule has 2 saturated carbocycles. The second-order valence-electron chi connectivity index (χ2n) is 15.0. The molecule has 8 heteroatoms. The van der Waals surface area contributed by atoms with Crippen molar-refractivity contribution in [2.24, 2.45) is 28.6 Å². The van der Waals surface area contributed by atoms with E-state index in [4.69, 9.17) is 0 Å². The van der Waals surface area contributed by atoms with Gasteiger partial charge in [-0.2, -0.15) is 10.5 Å². The third kappa shape index (κ3) is 4.73. The summed E-state index contributed by atoms with van der Waals surface area (Å²) in [5.74, 6) is 2.03. The first-order valence-electron chi connectivity index (χ1n) is 14.0. The molecule has 4 rings (SSSR count). The summed E-state index contributed by atoms with van der Waals surface area (Å²) in [4.78, 5) is 0. The summed E-state index contributed by atoms with van der Waals surface area (Å²) in [7, 11) is 0. The Kier molecular flexibility index (Phi) is 6.67. The molecule has 1 aliphatic heterocycles. The van der Waals surface area contributed by atoms with E-state index < -0.39 is 5.54 Å². The molecule has 3 atom stereocenters. The number of hydrogen-bond donors (Lipinski definition) is 2. The van der Waals surface area contributed by atoms with Crippen molar-refractivity contribution < 1.29 is 0 Å². The molecule has 1 aromatic heterocycles. The van der Waals surface area contributed by atoms with Gasteiger partial charge in [0.25, 0.3) is 0 Å². The van der Waals surface area contributed by atoms with Gasteiger partial charge < -0.3 is 10.6 Å². The largest absolute Gasteiger partial charge is 0.368 e. The van der Waals surface area contributed by atoms with Gasteiger partial charge in [-0.25, -0.2) is 4.68 Å². The molecule has 0 bridgehead atoms. The number of allylic oxidation sites excluding steroid dienone is 2. The highest BCUT2D eigenvalue weighted by atomic mass is 15.6. The summed E-state index contributed by atoms with van der Waals surface area (Å²) < 4.78 is 1.94. The monoisotopic (exact) mass is 506 g/mol. The van der Waals surface area contributed by atoms with E-state index in [-0.39, 0.29) is 27.8 Å². The number of hydrogen-bond acceptors (Lipinski definition) is 7. The molecule has 0 saturated heterocycles. The molecule has 37 heavy (non-hydrogen) atoms. The summed E-state index contributed by atoms with van der Waals surface area (Å²) in [5.41, 5.74) is -0.244. The second kappa shape index (κ2) is 9.00. The SMILES string of the molecule is CC(C)(C)C1CCC2(CC1)NC(C#N)=C(C#N)NC1(c3nnnn3C(C)(C)C)CCC(C(C)(C)C)CC21. The lowest BCUT2D eigenvalue weighted by atomic mass is 9.53. The molecular formula is C29H46N8. The Morgan fingerprint density at radius 3 is 1.86 bits per heavy atom. The van der Waals surface area contributed by atoms with E-state index in [1.165, 1.54) is 0 Å². The van der Waals surface area contributed by atoms with Crippen LogP contribution in [0.2, 0.25) is 0 Å². The topological polar surface area (TPSA) is 115 Å². The quantitative estimate of drug-likeness (QED) is 0.516. The average Bonchev–Trinajstić information content (AvgIpc) is 3.28. The highest BCUT2D eigenvalue weighted by Gasteiger charge is 2.61. The number of tetrazole rings is 1. The molecule has 202 valence electrons. The first-order chi connectivity index (χ1) is 17.1. The molecule has 2 heterocycles. The zero-order chi connectivity index (χ0) is 27.4. The minimum Gasteiger partial charge on any atom is -0.368 e. The lowest BCUT2D eigenvalue weighted by Gasteiger charge is -2.57. The standard InChI is InChI=1S/C29H46N8/c1-25(2,3)19-10-13-28(14-11-19)23-16-20(26(4,5)6)12-15-29(23,33-22(18-31)21(17-30)32-28)24-34-35-36-37(24)27(7,8)9/h19-20,23,32-33H,10-16H2,1-9H3. The van der Waals surface area contributed by atoms with Crippen molar-refractivity contribution in [2.45, 2.75) is 124 Å². The molecular weight excluding hydrogens is 460 g/mol. The van der Waals surface area contributed by atoms with E-state index in [0.29, 0.717) is 23.2 Å². The summed E-state index contributed by atoms with van der Waals surface area (Å²) in [6, 6.07) is 4.67. The van der Waals surface area contributed by atoms with Crippen LogP contribution >= 0.6 is 0 Å². The Labute approximate surface area is 223 Å². The molecule has 2 aliphatic carbocycles. The van der Waals surface area contributed by atoms with Crippen LogP contribution in [0.3, 0.4) is 0 Å². The first-order valence-corrected chi connectivity index (χ1v) is 14.0. The van der Waals surface area contributed by atoms with Gasteiger partial charge in [0.2, 0.25) is 0 Å². The molecule has 3 aliphatic rings. The molecule has 1 aromatic rings. The lowest BCUT2D eigenvalue weighted by Crippen LogP contribution is -2.64. The molecule has 0 aromatic carbocycles. The number of nitrogens with one attached hydrogen (secondary N) is 2. The van der Waals surface area contributed by atoms with Gasteiger partial charge in [0.15, 0.2) is 5.82 Å². The number of aromatic nitrogens is 4. The predicted octanol–water partition coefficient (Wildman–Crippen LogP) is 5.51. The van der Waals surface area contributed by atoms with Crippen LogP contribution in [-0.2, 0) is 11.1 Å². The van der Waals surface area contributed by atoms with Crippen molar-refractivity contribution in [3.8, 4) is 12.1 Å². The van der Waals surface area contributed by atoms with Gasteiger partial charge in [0, 0.05) is 11.5 Å². The fourth-order valence-electron chi connectivity index (χ4n) is 7.38. The molecule has 8 nitrogen and oxygen atoms in total. The molecule has 0 radical (unpaired) electrons. The fraction of sp³-hybridized carbons (Fsp3) is 0.828. The van der Waals surface area contributed by atoms with Gasteiger partial charge >= 0.3 is 0 Å². The van der Waals surface area contributed by atoms with E-state index in [1.54, 1.807) is 0 Å². The van der Waals surface area contributed by atoms with Gasteiger partial charge in [-0.1, -0.05) is 41.5 Å². The summed E-state index contributed by atoms with van der Waals surface area (Å²) in [5, 5.41) is 41.1. The highest BCUT2D eigenvalue weighted by Crippen LogP contribution is 2.57. The third-order valence-electron chi connectivity index (χ3n) is 9.70. The second-order valence-corrected chi connectivity index (χ2v) is 15.0. The lowest BCUT2D eigenvalue weighted by molar-refractivity contribution is -0.0259. The van der Waals surface area contributed by atoms with Gasteiger partial charge in [0.05, 0.1) is 5.54 Å². The molecule has 3 unspecified atom stereocenters. The van der Waals surface area contributed by atoms with Crippen LogP contribution in [0.5, 0.6) is 0 Å². The number of nitriles is 2. The van der Waals surface area contributed by atoms with E-state index in [9.17, 15) is 10.5 Å². The Balaban J connectivity index is 1.94. The Hall–Kier alpha value is -2.61. The third-order valence-corrected chi connectivity index (χ3v) is 9.70. The van der Waals surface area contributed by atoms with Gasteiger partial charge in [0.1, 0.15) is 29.1 Å². The van der Waals surface area contributed by atoms with E-state index >= 15 is 0 Å². The van der Waals surface area contributed by atoms with Gasteiger partial charge in [-0.15, -0.1) is 5.10 Å². The fourth-order valence-corrected chi connectivity index (χ4v) is 7.38. The summed E-state index contributed by atoms with van der Waals surface area (Å²) in [6.45, 7) is 20.4. The van der Waals surface area contributed by atoms with Crippen molar-refractivity contribution >= 4 is 0 Å². The van der Waals surface area contributed by atoms with Crippen LogP contribution in [0.4, 0.5) is 0 Å². The van der Waals surface area contributed by atoms with Gasteiger partial charge in [-0.05, 0) is 98.8 Å². The van der Waals surface area contributed by atoms with E-state index in [0.717, 1.165) is 50.8 Å². The zero-order valence-corrected chi connectivity index (χ0v) is 24.4. The van der Waals surface area contributed by atoms with Crippen molar-refractivity contribution in [1.29, 1.82) is 10.5 Å². The molecule has 0 amide bonds. The van der Waals surface area contributed by atoms with Gasteiger partial charge in [-0.3, -0.25) is 0 Å². The van der Waals surface area contributed by atoms with Crippen molar-refractivity contribution in [2.75, 3.05) is 0 Å². The predicted molar refractivity (Wildman–Crippen MR) is 143 cm³/mol. The summed E-state index contributed by atoms with van der Waals surface area (Å²) in [6.07, 6.45) is 6.90. The van der Waals surface area contributed by atoms with Crippen molar-refractivity contribution in [3.05, 3.63) is 17.2 Å². The van der Waals surface area contributed by atoms with Crippen molar-refractivity contribution in [1.82, 2.24) is 30.8 Å². The smallest absolute Gasteiger partial charge is 0.177 e. The number of fused-ring (bicyclic) bond motifs is 2.